The van der Waals surface area contributed by atoms with E-state index in [0.717, 1.165) is 22.0 Å². The number of rotatable bonds is 7. The number of carbonyl (C=O) groups excluding carboxylic acids is 1. The van der Waals surface area contributed by atoms with E-state index in [2.05, 4.69) is 10.3 Å². The monoisotopic (exact) mass is 390 g/mol. The van der Waals surface area contributed by atoms with Crippen LogP contribution < -0.4 is 10.1 Å². The zero-order chi connectivity index (χ0) is 19.4. The van der Waals surface area contributed by atoms with E-state index in [1.807, 2.05) is 57.3 Å². The maximum absolute atomic E-state index is 12.1. The molecule has 2 atom stereocenters. The maximum atomic E-state index is 12.1. The summed E-state index contributed by atoms with van der Waals surface area (Å²) in [6.45, 7) is 8.65. The number of thiazole rings is 1. The van der Waals surface area contributed by atoms with Crippen LogP contribution in [0.2, 0.25) is 0 Å². The molecule has 0 aliphatic carbocycles. The van der Waals surface area contributed by atoms with E-state index < -0.39 is 11.7 Å². The number of amides is 1. The van der Waals surface area contributed by atoms with E-state index in [0.29, 0.717) is 19.6 Å². The van der Waals surface area contributed by atoms with Crippen molar-refractivity contribution in [3.8, 4) is 5.75 Å². The normalized spacial score (nSPS) is 17.3. The third-order valence-corrected chi connectivity index (χ3v) is 4.76. The molecule has 7 heteroatoms. The number of ether oxygens (including phenoxy) is 3. The van der Waals surface area contributed by atoms with Crippen molar-refractivity contribution in [2.75, 3.05) is 6.61 Å². The summed E-state index contributed by atoms with van der Waals surface area (Å²) in [7, 11) is 0. The Morgan fingerprint density at radius 1 is 1.37 bits per heavy atom. The fourth-order valence-corrected chi connectivity index (χ4v) is 3.23. The quantitative estimate of drug-likeness (QED) is 0.727. The second-order valence-electron chi connectivity index (χ2n) is 7.62. The molecule has 2 aromatic rings. The van der Waals surface area contributed by atoms with Crippen molar-refractivity contribution in [1.29, 1.82) is 0 Å². The van der Waals surface area contributed by atoms with Gasteiger partial charge in [0.15, 0.2) is 0 Å². The first-order chi connectivity index (χ1) is 12.8. The Morgan fingerprint density at radius 2 is 2.07 bits per heavy atom. The zero-order valence-electron chi connectivity index (χ0n) is 16.2. The van der Waals surface area contributed by atoms with Gasteiger partial charge in [0, 0.05) is 5.38 Å². The molecule has 0 radical (unpaired) electrons. The van der Waals surface area contributed by atoms with Gasteiger partial charge in [0.05, 0.1) is 23.4 Å². The van der Waals surface area contributed by atoms with Crippen LogP contribution in [0.3, 0.4) is 0 Å². The molecule has 1 saturated heterocycles. The molecule has 1 N–H and O–H groups in total. The number of benzene rings is 1. The smallest absolute Gasteiger partial charge is 0.407 e. The highest BCUT2D eigenvalue weighted by Crippen LogP contribution is 2.21. The Labute approximate surface area is 163 Å². The molecular weight excluding hydrogens is 364 g/mol. The highest BCUT2D eigenvalue weighted by Gasteiger charge is 2.34. The van der Waals surface area contributed by atoms with Crippen LogP contribution in [0.1, 0.15) is 37.0 Å². The summed E-state index contributed by atoms with van der Waals surface area (Å²) in [4.78, 5) is 16.4. The SMILES string of the molecule is Cc1nc(COc2ccc(C[C@H](NC(=O)OC(C)(C)C)C3CO3)cc2)cs1. The van der Waals surface area contributed by atoms with Crippen LogP contribution in [0.4, 0.5) is 4.79 Å². The zero-order valence-corrected chi connectivity index (χ0v) is 17.0. The van der Waals surface area contributed by atoms with Crippen molar-refractivity contribution in [3.63, 3.8) is 0 Å². The second-order valence-corrected chi connectivity index (χ2v) is 8.68. The summed E-state index contributed by atoms with van der Waals surface area (Å²) in [6.07, 6.45) is 0.304. The number of aryl methyl sites for hydroxylation is 1. The molecule has 27 heavy (non-hydrogen) atoms. The number of nitrogens with one attached hydrogen (secondary N) is 1. The summed E-state index contributed by atoms with van der Waals surface area (Å²) in [5.41, 5.74) is 1.52. The predicted octanol–water partition coefficient (Wildman–Crippen LogP) is 3.87. The minimum Gasteiger partial charge on any atom is -0.487 e. The molecule has 146 valence electrons. The van der Waals surface area contributed by atoms with E-state index in [9.17, 15) is 4.79 Å². The van der Waals surface area contributed by atoms with Crippen molar-refractivity contribution in [2.45, 2.75) is 58.5 Å². The van der Waals surface area contributed by atoms with Crippen LogP contribution in [-0.4, -0.2) is 35.4 Å². The van der Waals surface area contributed by atoms with Crippen molar-refractivity contribution < 1.29 is 19.0 Å². The standard InChI is InChI=1S/C20H26N2O4S/c1-13-21-15(12-27-13)10-24-16-7-5-14(6-8-16)9-17(18-11-25-18)22-19(23)26-20(2,3)4/h5-8,12,17-18H,9-11H2,1-4H3,(H,22,23)/t17-,18?/m0/s1. The molecule has 6 nitrogen and oxygen atoms in total. The molecule has 1 unspecified atom stereocenters. The molecule has 1 amide bonds. The van der Waals surface area contributed by atoms with Crippen LogP contribution in [0.15, 0.2) is 29.6 Å². The van der Waals surface area contributed by atoms with Gasteiger partial charge in [0.25, 0.3) is 0 Å². The Bertz CT molecular complexity index is 763. The Hall–Kier alpha value is -2.12. The van der Waals surface area contributed by atoms with E-state index >= 15 is 0 Å². The summed E-state index contributed by atoms with van der Waals surface area (Å²) < 4.78 is 16.5. The van der Waals surface area contributed by atoms with Crippen LogP contribution in [0.25, 0.3) is 0 Å². The summed E-state index contributed by atoms with van der Waals surface area (Å²) in [6, 6.07) is 7.78. The van der Waals surface area contributed by atoms with Gasteiger partial charge in [0.1, 0.15) is 24.1 Å². The van der Waals surface area contributed by atoms with E-state index in [-0.39, 0.29) is 12.1 Å². The molecule has 2 heterocycles. The topological polar surface area (TPSA) is 73.0 Å². The number of aromatic nitrogens is 1. The number of carbonyl (C=O) groups is 1. The first-order valence-electron chi connectivity index (χ1n) is 9.02. The molecule has 3 rings (SSSR count). The average molecular weight is 391 g/mol. The van der Waals surface area contributed by atoms with Gasteiger partial charge < -0.3 is 19.5 Å². The first-order valence-corrected chi connectivity index (χ1v) is 9.90. The fourth-order valence-electron chi connectivity index (χ4n) is 2.63. The highest BCUT2D eigenvalue weighted by atomic mass is 32.1. The lowest BCUT2D eigenvalue weighted by atomic mass is 10.0. The third kappa shape index (κ3) is 6.52. The lowest BCUT2D eigenvalue weighted by Gasteiger charge is -2.23. The van der Waals surface area contributed by atoms with E-state index in [1.54, 1.807) is 11.3 Å². The highest BCUT2D eigenvalue weighted by molar-refractivity contribution is 7.09. The Morgan fingerprint density at radius 3 is 2.63 bits per heavy atom. The number of alkyl carbamates (subject to hydrolysis) is 1. The maximum Gasteiger partial charge on any atom is 0.407 e. The van der Waals surface area contributed by atoms with Gasteiger partial charge in [0.2, 0.25) is 0 Å². The fraction of sp³-hybridized carbons (Fsp3) is 0.500. The van der Waals surface area contributed by atoms with E-state index in [1.165, 1.54) is 0 Å². The van der Waals surface area contributed by atoms with Gasteiger partial charge in [-0.05, 0) is 51.8 Å². The summed E-state index contributed by atoms with van der Waals surface area (Å²) in [5.74, 6) is 0.795. The Balaban J connectivity index is 1.53. The molecule has 0 saturated carbocycles. The third-order valence-electron chi connectivity index (χ3n) is 3.94. The summed E-state index contributed by atoms with van der Waals surface area (Å²) in [5, 5.41) is 5.97. The van der Waals surface area contributed by atoms with Crippen molar-refractivity contribution in [1.82, 2.24) is 10.3 Å². The van der Waals surface area contributed by atoms with Gasteiger partial charge in [-0.15, -0.1) is 11.3 Å². The average Bonchev–Trinajstić information content (AvgIpc) is 3.34. The molecule has 0 bridgehead atoms. The number of hydrogen-bond donors (Lipinski definition) is 1. The van der Waals surface area contributed by atoms with Crippen molar-refractivity contribution >= 4 is 17.4 Å². The largest absolute Gasteiger partial charge is 0.487 e. The molecule has 1 aromatic heterocycles. The van der Waals surface area contributed by atoms with Gasteiger partial charge >= 0.3 is 6.09 Å². The molecule has 1 aliphatic rings. The van der Waals surface area contributed by atoms with Crippen molar-refractivity contribution in [2.24, 2.45) is 0 Å². The molecule has 1 aliphatic heterocycles. The minimum atomic E-state index is -0.520. The number of nitrogens with zero attached hydrogens (tertiary/aromatic N) is 1. The van der Waals surface area contributed by atoms with Crippen LogP contribution in [-0.2, 0) is 22.5 Å². The van der Waals surface area contributed by atoms with E-state index in [4.69, 9.17) is 14.2 Å². The van der Waals surface area contributed by atoms with Crippen molar-refractivity contribution in [3.05, 3.63) is 45.9 Å². The Kier molecular flexibility index (Phi) is 6.01. The minimum absolute atomic E-state index is 0.0429. The van der Waals surface area contributed by atoms with Crippen LogP contribution in [0, 0.1) is 6.92 Å². The van der Waals surface area contributed by atoms with Gasteiger partial charge in [-0.25, -0.2) is 9.78 Å². The molecule has 0 spiro atoms. The van der Waals surface area contributed by atoms with Crippen LogP contribution >= 0.6 is 11.3 Å². The lowest BCUT2D eigenvalue weighted by Crippen LogP contribution is -2.43. The van der Waals surface area contributed by atoms with Gasteiger partial charge in [-0.3, -0.25) is 0 Å². The summed E-state index contributed by atoms with van der Waals surface area (Å²) >= 11 is 1.62. The second kappa shape index (κ2) is 8.27. The predicted molar refractivity (Wildman–Crippen MR) is 104 cm³/mol. The molecule has 1 fully saturated rings. The molecule has 1 aromatic carbocycles. The first kappa shape index (κ1) is 19.6. The van der Waals surface area contributed by atoms with Crippen LogP contribution in [0.5, 0.6) is 5.75 Å². The lowest BCUT2D eigenvalue weighted by molar-refractivity contribution is 0.0495. The molecular formula is C20H26N2O4S. The number of epoxide rings is 1. The number of hydrogen-bond acceptors (Lipinski definition) is 6. The van der Waals surface area contributed by atoms with Gasteiger partial charge in [-0.1, -0.05) is 12.1 Å². The van der Waals surface area contributed by atoms with Gasteiger partial charge in [-0.2, -0.15) is 0 Å².